The predicted molar refractivity (Wildman–Crippen MR) is 63.5 cm³/mol. The number of hydrogen-bond acceptors (Lipinski definition) is 5. The van der Waals surface area contributed by atoms with Crippen LogP contribution in [0.3, 0.4) is 0 Å². The van der Waals surface area contributed by atoms with Crippen molar-refractivity contribution in [2.45, 2.75) is 12.8 Å². The van der Waals surface area contributed by atoms with E-state index in [1.165, 1.54) is 11.9 Å². The van der Waals surface area contributed by atoms with Crippen molar-refractivity contribution in [1.82, 2.24) is 15.2 Å². The van der Waals surface area contributed by atoms with E-state index in [1.54, 1.807) is 0 Å². The lowest BCUT2D eigenvalue weighted by atomic mass is 10.0. The molecule has 0 unspecified atom stereocenters. The van der Waals surface area contributed by atoms with Gasteiger partial charge in [0.1, 0.15) is 17.8 Å². The molecule has 3 rings (SSSR count). The topological polar surface area (TPSA) is 73.9 Å². The molecular weight excluding hydrogens is 216 g/mol. The molecule has 1 aliphatic rings. The first-order valence-electron chi connectivity index (χ1n) is 5.54. The standard InChI is InChI=1S/C12H12N4O/c13-12-11(16-15-7-14-12)9-3-4-10-8(6-9)2-1-5-17-10/h3-4,6-7H,1-2,5H2,(H2,13,14,15). The second-order valence-corrected chi connectivity index (χ2v) is 3.97. The lowest BCUT2D eigenvalue weighted by Crippen LogP contribution is -2.08. The third-order valence-corrected chi connectivity index (χ3v) is 2.83. The lowest BCUT2D eigenvalue weighted by molar-refractivity contribution is 0.288. The summed E-state index contributed by atoms with van der Waals surface area (Å²) >= 11 is 0. The fourth-order valence-electron chi connectivity index (χ4n) is 2.00. The number of rotatable bonds is 1. The van der Waals surface area contributed by atoms with Crippen molar-refractivity contribution in [2.24, 2.45) is 0 Å². The summed E-state index contributed by atoms with van der Waals surface area (Å²) in [6.45, 7) is 0.793. The van der Waals surface area contributed by atoms with Gasteiger partial charge in [-0.3, -0.25) is 0 Å². The highest BCUT2D eigenvalue weighted by atomic mass is 16.5. The number of aromatic nitrogens is 3. The molecule has 1 aliphatic heterocycles. The first kappa shape index (κ1) is 10.0. The quantitative estimate of drug-likeness (QED) is 0.799. The summed E-state index contributed by atoms with van der Waals surface area (Å²) in [6.07, 6.45) is 3.42. The van der Waals surface area contributed by atoms with E-state index in [0.29, 0.717) is 11.5 Å². The molecule has 1 aromatic carbocycles. The van der Waals surface area contributed by atoms with Gasteiger partial charge in [-0.25, -0.2) is 4.98 Å². The van der Waals surface area contributed by atoms with Gasteiger partial charge in [-0.15, -0.1) is 10.2 Å². The Bertz CT molecular complexity index is 556. The summed E-state index contributed by atoms with van der Waals surface area (Å²) < 4.78 is 5.56. The molecule has 0 spiro atoms. The van der Waals surface area contributed by atoms with Crippen LogP contribution in [-0.2, 0) is 6.42 Å². The molecular formula is C12H12N4O. The molecule has 2 N–H and O–H groups in total. The SMILES string of the molecule is Nc1ncnnc1-c1ccc2c(c1)CCCO2. The van der Waals surface area contributed by atoms with E-state index in [9.17, 15) is 0 Å². The van der Waals surface area contributed by atoms with Crippen molar-refractivity contribution < 1.29 is 4.74 Å². The molecule has 0 radical (unpaired) electrons. The molecule has 0 saturated heterocycles. The summed E-state index contributed by atoms with van der Waals surface area (Å²) in [5, 5.41) is 7.78. The van der Waals surface area contributed by atoms with E-state index in [-0.39, 0.29) is 0 Å². The highest BCUT2D eigenvalue weighted by molar-refractivity contribution is 5.70. The molecule has 0 aliphatic carbocycles. The Morgan fingerprint density at radius 1 is 1.29 bits per heavy atom. The highest BCUT2D eigenvalue weighted by Gasteiger charge is 2.13. The number of nitrogen functional groups attached to an aromatic ring is 1. The van der Waals surface area contributed by atoms with Crippen molar-refractivity contribution in [3.8, 4) is 17.0 Å². The zero-order chi connectivity index (χ0) is 11.7. The Kier molecular flexibility index (Phi) is 2.36. The molecule has 2 heterocycles. The third kappa shape index (κ3) is 1.80. The highest BCUT2D eigenvalue weighted by Crippen LogP contribution is 2.30. The molecule has 0 amide bonds. The molecule has 17 heavy (non-hydrogen) atoms. The minimum Gasteiger partial charge on any atom is -0.493 e. The van der Waals surface area contributed by atoms with Crippen molar-refractivity contribution in [3.05, 3.63) is 30.1 Å². The summed E-state index contributed by atoms with van der Waals surface area (Å²) in [5.74, 6) is 1.35. The minimum atomic E-state index is 0.400. The van der Waals surface area contributed by atoms with Crippen LogP contribution in [0.4, 0.5) is 5.82 Å². The second-order valence-electron chi connectivity index (χ2n) is 3.97. The average molecular weight is 228 g/mol. The van der Waals surface area contributed by atoms with Gasteiger partial charge in [-0.05, 0) is 36.6 Å². The number of aryl methyl sites for hydroxylation is 1. The first-order chi connectivity index (χ1) is 8.34. The molecule has 0 bridgehead atoms. The monoisotopic (exact) mass is 228 g/mol. The van der Waals surface area contributed by atoms with E-state index in [4.69, 9.17) is 10.5 Å². The summed E-state index contributed by atoms with van der Waals surface area (Å²) in [5.41, 5.74) is 8.54. The first-order valence-corrected chi connectivity index (χ1v) is 5.54. The second kappa shape index (κ2) is 4.01. The molecule has 0 fully saturated rings. The molecule has 2 aromatic rings. The number of anilines is 1. The Morgan fingerprint density at radius 2 is 2.24 bits per heavy atom. The maximum Gasteiger partial charge on any atom is 0.153 e. The van der Waals surface area contributed by atoms with E-state index < -0.39 is 0 Å². The molecule has 86 valence electrons. The minimum absolute atomic E-state index is 0.400. The third-order valence-electron chi connectivity index (χ3n) is 2.83. The maximum atomic E-state index is 5.78. The van der Waals surface area contributed by atoms with Crippen LogP contribution in [-0.4, -0.2) is 21.8 Å². The lowest BCUT2D eigenvalue weighted by Gasteiger charge is -2.17. The van der Waals surface area contributed by atoms with Crippen molar-refractivity contribution in [1.29, 1.82) is 0 Å². The van der Waals surface area contributed by atoms with Gasteiger partial charge < -0.3 is 10.5 Å². The Labute approximate surface area is 98.7 Å². The largest absolute Gasteiger partial charge is 0.493 e. The van der Waals surface area contributed by atoms with E-state index in [2.05, 4.69) is 21.2 Å². The molecule has 1 aromatic heterocycles. The number of nitrogens with zero attached hydrogens (tertiary/aromatic N) is 3. The van der Waals surface area contributed by atoms with Crippen molar-refractivity contribution in [2.75, 3.05) is 12.3 Å². The Morgan fingerprint density at radius 3 is 3.12 bits per heavy atom. The smallest absolute Gasteiger partial charge is 0.153 e. The van der Waals surface area contributed by atoms with Gasteiger partial charge in [-0.1, -0.05) is 0 Å². The van der Waals surface area contributed by atoms with Crippen LogP contribution in [0.25, 0.3) is 11.3 Å². The van der Waals surface area contributed by atoms with Crippen LogP contribution >= 0.6 is 0 Å². The van der Waals surface area contributed by atoms with Crippen LogP contribution in [0.2, 0.25) is 0 Å². The van der Waals surface area contributed by atoms with Crippen molar-refractivity contribution >= 4 is 5.82 Å². The summed E-state index contributed by atoms with van der Waals surface area (Å²) in [7, 11) is 0. The molecule has 0 saturated carbocycles. The van der Waals surface area contributed by atoms with E-state index in [1.807, 2.05) is 12.1 Å². The average Bonchev–Trinajstić information content (AvgIpc) is 2.39. The van der Waals surface area contributed by atoms with E-state index in [0.717, 1.165) is 30.8 Å². The van der Waals surface area contributed by atoms with Gasteiger partial charge in [0.2, 0.25) is 0 Å². The molecule has 0 atom stereocenters. The zero-order valence-corrected chi connectivity index (χ0v) is 9.26. The maximum absolute atomic E-state index is 5.78. The van der Waals surface area contributed by atoms with Gasteiger partial charge in [0.25, 0.3) is 0 Å². The van der Waals surface area contributed by atoms with Crippen LogP contribution in [0.15, 0.2) is 24.5 Å². The van der Waals surface area contributed by atoms with Gasteiger partial charge in [0.05, 0.1) is 6.61 Å². The van der Waals surface area contributed by atoms with Crippen LogP contribution in [0.5, 0.6) is 5.75 Å². The Hall–Kier alpha value is -2.17. The number of ether oxygens (including phenoxy) is 1. The Balaban J connectivity index is 2.07. The number of fused-ring (bicyclic) bond motifs is 1. The normalized spacial score (nSPS) is 13.9. The van der Waals surface area contributed by atoms with E-state index >= 15 is 0 Å². The summed E-state index contributed by atoms with van der Waals surface area (Å²) in [4.78, 5) is 3.94. The van der Waals surface area contributed by atoms with Crippen LogP contribution in [0.1, 0.15) is 12.0 Å². The predicted octanol–water partition coefficient (Wildman–Crippen LogP) is 1.45. The van der Waals surface area contributed by atoms with Gasteiger partial charge in [-0.2, -0.15) is 0 Å². The van der Waals surface area contributed by atoms with Crippen molar-refractivity contribution in [3.63, 3.8) is 0 Å². The summed E-state index contributed by atoms with van der Waals surface area (Å²) in [6, 6.07) is 5.95. The molecule has 5 heteroatoms. The fraction of sp³-hybridized carbons (Fsp3) is 0.250. The number of benzene rings is 1. The number of hydrogen-bond donors (Lipinski definition) is 1. The van der Waals surface area contributed by atoms with Gasteiger partial charge in [0.15, 0.2) is 5.82 Å². The van der Waals surface area contributed by atoms with Gasteiger partial charge >= 0.3 is 0 Å². The zero-order valence-electron chi connectivity index (χ0n) is 9.26. The van der Waals surface area contributed by atoms with Gasteiger partial charge in [0, 0.05) is 5.56 Å². The van der Waals surface area contributed by atoms with Crippen LogP contribution in [0, 0.1) is 0 Å². The van der Waals surface area contributed by atoms with Crippen LogP contribution < -0.4 is 10.5 Å². The molecule has 5 nitrogen and oxygen atoms in total. The fourth-order valence-corrected chi connectivity index (χ4v) is 2.00. The number of nitrogens with two attached hydrogens (primary N) is 1.